The molecule has 0 N–H and O–H groups in total. The molecule has 2 saturated carbocycles. The van der Waals surface area contributed by atoms with Gasteiger partial charge in [0, 0.05) is 0 Å². The van der Waals surface area contributed by atoms with Crippen LogP contribution in [-0.4, -0.2) is 11.9 Å². The molecule has 4 heteroatoms. The second-order valence-corrected chi connectivity index (χ2v) is 6.55. The molecule has 0 radical (unpaired) electrons. The van der Waals surface area contributed by atoms with E-state index in [2.05, 4.69) is 12.2 Å². The molecule has 106 valence electrons. The molecule has 2 fully saturated rings. The largest absolute Gasteiger partial charge is 0.359 e. The molecule has 20 heavy (non-hydrogen) atoms. The summed E-state index contributed by atoms with van der Waals surface area (Å²) in [7, 11) is 0. The molecule has 4 aliphatic rings. The van der Waals surface area contributed by atoms with E-state index < -0.39 is 0 Å². The van der Waals surface area contributed by atoms with Crippen molar-refractivity contribution in [2.24, 2.45) is 23.7 Å². The van der Waals surface area contributed by atoms with Gasteiger partial charge >= 0.3 is 11.9 Å². The molecule has 4 atom stereocenters. The zero-order chi connectivity index (χ0) is 13.7. The molecule has 0 aromatic heterocycles. The third kappa shape index (κ3) is 1.89. The third-order valence-corrected chi connectivity index (χ3v) is 5.38. The van der Waals surface area contributed by atoms with E-state index in [1.54, 1.807) is 0 Å². The predicted octanol–water partition coefficient (Wildman–Crippen LogP) is 2.70. The Morgan fingerprint density at radius 1 is 0.800 bits per heavy atom. The van der Waals surface area contributed by atoms with E-state index in [-0.39, 0.29) is 23.8 Å². The number of carbonyl (C=O) groups is 2. The first-order chi connectivity index (χ1) is 9.70. The van der Waals surface area contributed by atoms with E-state index in [1.807, 2.05) is 0 Å². The van der Waals surface area contributed by atoms with E-state index >= 15 is 0 Å². The Labute approximate surface area is 117 Å². The lowest BCUT2D eigenvalue weighted by molar-refractivity contribution is -0.266. The van der Waals surface area contributed by atoms with Gasteiger partial charge < -0.3 is 0 Å². The van der Waals surface area contributed by atoms with E-state index in [9.17, 15) is 9.59 Å². The van der Waals surface area contributed by atoms with Crippen LogP contribution in [0, 0.1) is 23.7 Å². The molecule has 0 saturated heterocycles. The van der Waals surface area contributed by atoms with Crippen molar-refractivity contribution in [2.45, 2.75) is 38.5 Å². The minimum absolute atomic E-state index is 0.106. The molecule has 0 aliphatic heterocycles. The van der Waals surface area contributed by atoms with E-state index in [1.165, 1.54) is 11.1 Å². The van der Waals surface area contributed by atoms with Crippen molar-refractivity contribution in [1.29, 1.82) is 0 Å². The van der Waals surface area contributed by atoms with Gasteiger partial charge in [-0.15, -0.1) is 0 Å². The summed E-state index contributed by atoms with van der Waals surface area (Å²) in [5, 5.41) is 0. The summed E-state index contributed by atoms with van der Waals surface area (Å²) in [5.41, 5.74) is 2.70. The van der Waals surface area contributed by atoms with Crippen LogP contribution < -0.4 is 0 Å². The van der Waals surface area contributed by atoms with Crippen molar-refractivity contribution >= 4 is 11.9 Å². The molecule has 0 aromatic rings. The smallest absolute Gasteiger partial charge is 0.247 e. The lowest BCUT2D eigenvalue weighted by Gasteiger charge is -2.18. The molecule has 4 unspecified atom stereocenters. The quantitative estimate of drug-likeness (QED) is 0.441. The SMILES string of the molecule is O=C(OOC(=O)C1CC2=CCC1C2)C1CC2=CCC1C2. The van der Waals surface area contributed by atoms with Gasteiger partial charge in [0.1, 0.15) is 0 Å². The number of allylic oxidation sites excluding steroid dienone is 4. The van der Waals surface area contributed by atoms with Crippen LogP contribution in [0.25, 0.3) is 0 Å². The number of hydrogen-bond acceptors (Lipinski definition) is 4. The summed E-state index contributed by atoms with van der Waals surface area (Å²) in [6.45, 7) is 0. The van der Waals surface area contributed by atoms with Crippen molar-refractivity contribution < 1.29 is 19.4 Å². The first-order valence-electron chi connectivity index (χ1n) is 7.48. The van der Waals surface area contributed by atoms with Gasteiger partial charge in [-0.25, -0.2) is 19.4 Å². The number of fused-ring (bicyclic) bond motifs is 4. The van der Waals surface area contributed by atoms with E-state index in [0.717, 1.165) is 38.5 Å². The van der Waals surface area contributed by atoms with Gasteiger partial charge in [-0.2, -0.15) is 0 Å². The topological polar surface area (TPSA) is 52.6 Å². The normalized spacial score (nSPS) is 36.8. The minimum atomic E-state index is -0.367. The molecule has 4 bridgehead atoms. The van der Waals surface area contributed by atoms with Gasteiger partial charge in [-0.3, -0.25) is 0 Å². The van der Waals surface area contributed by atoms with Gasteiger partial charge in [0.05, 0.1) is 11.8 Å². The maximum Gasteiger partial charge on any atom is 0.359 e. The van der Waals surface area contributed by atoms with Gasteiger partial charge in [0.2, 0.25) is 0 Å². The zero-order valence-electron chi connectivity index (χ0n) is 11.3. The van der Waals surface area contributed by atoms with Gasteiger partial charge in [0.25, 0.3) is 0 Å². The lowest BCUT2D eigenvalue weighted by Crippen LogP contribution is -2.27. The van der Waals surface area contributed by atoms with Crippen molar-refractivity contribution in [3.63, 3.8) is 0 Å². The fourth-order valence-corrected chi connectivity index (χ4v) is 4.24. The Morgan fingerprint density at radius 3 is 1.55 bits per heavy atom. The Bertz CT molecular complexity index is 483. The second kappa shape index (κ2) is 4.47. The highest BCUT2D eigenvalue weighted by molar-refractivity contribution is 5.77. The molecule has 4 rings (SSSR count). The Balaban J connectivity index is 1.30. The molecule has 0 heterocycles. The van der Waals surface area contributed by atoms with Gasteiger partial charge in [0.15, 0.2) is 0 Å². The molecule has 0 amide bonds. The van der Waals surface area contributed by atoms with Crippen molar-refractivity contribution in [1.82, 2.24) is 0 Å². The zero-order valence-corrected chi connectivity index (χ0v) is 11.3. The van der Waals surface area contributed by atoms with Crippen LogP contribution in [0.1, 0.15) is 38.5 Å². The highest BCUT2D eigenvalue weighted by Gasteiger charge is 2.42. The lowest BCUT2D eigenvalue weighted by atomic mass is 9.92. The summed E-state index contributed by atoms with van der Waals surface area (Å²) in [5.74, 6) is -0.216. The maximum atomic E-state index is 12.0. The standard InChI is InChI=1S/C16H18O4/c17-15(13-7-9-1-3-11(13)5-9)19-20-16(18)14-8-10-2-4-12(14)6-10/h1-2,11-14H,3-8H2. The first-order valence-corrected chi connectivity index (χ1v) is 7.48. The Kier molecular flexibility index (Phi) is 2.72. The van der Waals surface area contributed by atoms with E-state index in [0.29, 0.717) is 11.8 Å². The van der Waals surface area contributed by atoms with Gasteiger partial charge in [-0.05, 0) is 50.4 Å². The van der Waals surface area contributed by atoms with Gasteiger partial charge in [-0.1, -0.05) is 23.3 Å². The Morgan fingerprint density at radius 2 is 1.25 bits per heavy atom. The van der Waals surface area contributed by atoms with E-state index in [4.69, 9.17) is 9.78 Å². The van der Waals surface area contributed by atoms with Crippen molar-refractivity contribution in [2.75, 3.05) is 0 Å². The van der Waals surface area contributed by atoms with Crippen molar-refractivity contribution in [3.8, 4) is 0 Å². The van der Waals surface area contributed by atoms with Crippen LogP contribution >= 0.6 is 0 Å². The van der Waals surface area contributed by atoms with Crippen LogP contribution in [0.3, 0.4) is 0 Å². The maximum absolute atomic E-state index is 12.0. The summed E-state index contributed by atoms with van der Waals surface area (Å²) in [4.78, 5) is 33.6. The summed E-state index contributed by atoms with van der Waals surface area (Å²) in [6.07, 6.45) is 9.91. The predicted molar refractivity (Wildman–Crippen MR) is 70.0 cm³/mol. The summed E-state index contributed by atoms with van der Waals surface area (Å²) >= 11 is 0. The fraction of sp³-hybridized carbons (Fsp3) is 0.625. The fourth-order valence-electron chi connectivity index (χ4n) is 4.24. The molecule has 4 nitrogen and oxygen atoms in total. The highest BCUT2D eigenvalue weighted by Crippen LogP contribution is 2.46. The third-order valence-electron chi connectivity index (χ3n) is 5.38. The summed E-state index contributed by atoms with van der Waals surface area (Å²) in [6, 6.07) is 0. The van der Waals surface area contributed by atoms with Crippen LogP contribution in [0.2, 0.25) is 0 Å². The first kappa shape index (κ1) is 12.2. The van der Waals surface area contributed by atoms with Crippen LogP contribution in [0.15, 0.2) is 23.3 Å². The van der Waals surface area contributed by atoms with Crippen LogP contribution in [0.4, 0.5) is 0 Å². The summed E-state index contributed by atoms with van der Waals surface area (Å²) < 4.78 is 0. The van der Waals surface area contributed by atoms with Crippen molar-refractivity contribution in [3.05, 3.63) is 23.3 Å². The minimum Gasteiger partial charge on any atom is -0.247 e. The second-order valence-electron chi connectivity index (χ2n) is 6.55. The van der Waals surface area contributed by atoms with Crippen LogP contribution in [-0.2, 0) is 19.4 Å². The number of hydrogen-bond donors (Lipinski definition) is 0. The average molecular weight is 274 g/mol. The molecular weight excluding hydrogens is 256 g/mol. The molecular formula is C16H18O4. The highest BCUT2D eigenvalue weighted by atomic mass is 17.2. The Hall–Kier alpha value is -1.58. The number of carbonyl (C=O) groups excluding carboxylic acids is 2. The molecule has 0 aromatic carbocycles. The molecule has 0 spiro atoms. The van der Waals surface area contributed by atoms with Crippen LogP contribution in [0.5, 0.6) is 0 Å². The average Bonchev–Trinajstić information content (AvgIpc) is 3.22. The number of rotatable bonds is 2. The monoisotopic (exact) mass is 274 g/mol. The molecule has 4 aliphatic carbocycles.